The molecular formula is C53H75N7O11S3. The molecule has 0 saturated carbocycles. The molecule has 4 heterocycles. The summed E-state index contributed by atoms with van der Waals surface area (Å²) in [6, 6.07) is 9.99. The molecule has 0 spiro atoms. The van der Waals surface area contributed by atoms with Crippen molar-refractivity contribution in [1.82, 2.24) is 30.7 Å². The molecule has 0 aromatic heterocycles. The Labute approximate surface area is 444 Å². The van der Waals surface area contributed by atoms with Crippen LogP contribution in [0.1, 0.15) is 115 Å². The number of nitrogens with two attached hydrogens (primary N) is 1. The molecule has 0 unspecified atom stereocenters. The topological polar surface area (TPSA) is 236 Å². The van der Waals surface area contributed by atoms with Gasteiger partial charge in [0.05, 0.1) is 65.8 Å². The number of sulfone groups is 1. The quantitative estimate of drug-likeness (QED) is 0.195. The molecule has 2 aromatic rings. The molecule has 406 valence electrons. The third kappa shape index (κ3) is 11.9. The minimum Gasteiger partial charge on any atom is -0.444 e. The number of fused-ring (bicyclic) bond motifs is 4. The fourth-order valence-electron chi connectivity index (χ4n) is 11.5. The van der Waals surface area contributed by atoms with E-state index in [9.17, 15) is 37.2 Å². The smallest absolute Gasteiger partial charge is 0.410 e. The second-order valence-corrected chi connectivity index (χ2v) is 28.0. The van der Waals surface area contributed by atoms with Crippen molar-refractivity contribution in [2.75, 3.05) is 43.3 Å². The van der Waals surface area contributed by atoms with Gasteiger partial charge in [-0.25, -0.2) is 13.2 Å². The molecule has 5 N–H and O–H groups in total. The first kappa shape index (κ1) is 55.8. The molecule has 18 nitrogen and oxygen atoms in total. The predicted molar refractivity (Wildman–Crippen MR) is 283 cm³/mol. The number of nitrogens with zero attached hydrogens (tertiary/aromatic N) is 3. The van der Waals surface area contributed by atoms with E-state index in [1.54, 1.807) is 61.0 Å². The first-order valence-corrected chi connectivity index (χ1v) is 29.8. The molecule has 8 rings (SSSR count). The summed E-state index contributed by atoms with van der Waals surface area (Å²) in [5.74, 6) is -1.07. The number of thioether (sulfide) groups is 2. The number of rotatable bonds is 15. The normalized spacial score (nSPS) is 29.5. The van der Waals surface area contributed by atoms with Crippen LogP contribution in [0, 0.1) is 10.8 Å². The van der Waals surface area contributed by atoms with E-state index in [0.717, 1.165) is 28.0 Å². The van der Waals surface area contributed by atoms with E-state index in [0.29, 0.717) is 44.3 Å². The van der Waals surface area contributed by atoms with Gasteiger partial charge in [-0.1, -0.05) is 76.2 Å². The molecule has 4 fully saturated rings. The Bertz CT molecular complexity index is 2590. The molecule has 6 aliphatic rings. The zero-order chi connectivity index (χ0) is 53.7. The van der Waals surface area contributed by atoms with E-state index in [4.69, 9.17) is 19.9 Å². The lowest BCUT2D eigenvalue weighted by molar-refractivity contribution is -0.144. The molecule has 11 atom stereocenters. The lowest BCUT2D eigenvalue weighted by Crippen LogP contribution is -2.58. The van der Waals surface area contributed by atoms with Crippen LogP contribution in [-0.4, -0.2) is 161 Å². The fraction of sp³-hybridized carbons (Fsp3) is 0.660. The summed E-state index contributed by atoms with van der Waals surface area (Å²) in [6.45, 7) is 14.4. The summed E-state index contributed by atoms with van der Waals surface area (Å²) in [6.07, 6.45) is 1.16. The highest BCUT2D eigenvalue weighted by Gasteiger charge is 2.56. The third-order valence-corrected chi connectivity index (χ3v) is 19.6. The fourth-order valence-corrected chi connectivity index (χ4v) is 15.6. The van der Waals surface area contributed by atoms with Gasteiger partial charge in [-0.3, -0.25) is 28.9 Å². The van der Waals surface area contributed by atoms with Gasteiger partial charge in [-0.15, -0.1) is 23.5 Å². The highest BCUT2D eigenvalue weighted by molar-refractivity contribution is 8.00. The van der Waals surface area contributed by atoms with Crippen LogP contribution < -0.4 is 21.7 Å². The maximum absolute atomic E-state index is 14.7. The highest BCUT2D eigenvalue weighted by Crippen LogP contribution is 2.48. The van der Waals surface area contributed by atoms with Crippen LogP contribution in [0.4, 0.5) is 4.79 Å². The van der Waals surface area contributed by atoms with Crippen molar-refractivity contribution in [3.05, 3.63) is 70.8 Å². The van der Waals surface area contributed by atoms with Gasteiger partial charge >= 0.3 is 6.09 Å². The zero-order valence-electron chi connectivity index (χ0n) is 44.1. The van der Waals surface area contributed by atoms with Gasteiger partial charge in [0, 0.05) is 19.9 Å². The van der Waals surface area contributed by atoms with Gasteiger partial charge in [-0.2, -0.15) is 0 Å². The molecule has 74 heavy (non-hydrogen) atoms. The molecule has 0 radical (unpaired) electrons. The Balaban J connectivity index is 0.883. The lowest BCUT2D eigenvalue weighted by atomic mass is 9.83. The van der Waals surface area contributed by atoms with Crippen LogP contribution >= 0.6 is 23.5 Å². The Morgan fingerprint density at radius 1 is 0.757 bits per heavy atom. The summed E-state index contributed by atoms with van der Waals surface area (Å²) in [4.78, 5) is 87.9. The van der Waals surface area contributed by atoms with Crippen molar-refractivity contribution in [3.63, 3.8) is 0 Å². The molecule has 6 amide bonds. The second-order valence-electron chi connectivity index (χ2n) is 23.1. The number of nitrogens with one attached hydrogen (secondary N) is 3. The number of ether oxygens (including phenoxy) is 3. The van der Waals surface area contributed by atoms with E-state index >= 15 is 0 Å². The number of benzene rings is 2. The Morgan fingerprint density at radius 2 is 1.22 bits per heavy atom. The third-order valence-electron chi connectivity index (χ3n) is 15.5. The number of amides is 6. The van der Waals surface area contributed by atoms with E-state index in [1.165, 1.54) is 11.9 Å². The maximum Gasteiger partial charge on any atom is 0.410 e. The van der Waals surface area contributed by atoms with Crippen molar-refractivity contribution < 1.29 is 51.4 Å². The number of carbonyl (C=O) groups is 6. The molecule has 2 aromatic carbocycles. The van der Waals surface area contributed by atoms with Crippen molar-refractivity contribution in [2.24, 2.45) is 16.6 Å². The van der Waals surface area contributed by atoms with Gasteiger partial charge in [0.2, 0.25) is 29.5 Å². The van der Waals surface area contributed by atoms with Gasteiger partial charge in [0.15, 0.2) is 9.84 Å². The van der Waals surface area contributed by atoms with Gasteiger partial charge < -0.3 is 45.7 Å². The van der Waals surface area contributed by atoms with Gasteiger partial charge in [0.1, 0.15) is 29.8 Å². The van der Waals surface area contributed by atoms with Crippen LogP contribution in [0.2, 0.25) is 0 Å². The molecule has 21 heteroatoms. The standard InChI is InChI=1S/C53H75N7O11S3/c1-30(58(9)50(66)71-51(2,3)4)45(61)55-36-19-23-73-40-29-53(7,8)44(60(40)49(36)65)47(63)57-42-34-17-13-11-15-32(34)27-38(42)70-21-25-74(67,68)24-20-69-37-26-31-14-10-12-16-33(31)41(37)56-46(62)43-52(5,6)28-39-59(43)48(64)35(54)18-22-72-39/h10-17,30,35-44H,18-29,54H2,1-9H3,(H,55,61)(H,56,62)(H,57,63)/t30-,35-,36-,37+,38+,39-,40-,41-,42-,43+,44+/m0/s1. The number of hydrogen-bond acceptors (Lipinski definition) is 14. The van der Waals surface area contributed by atoms with E-state index in [-0.39, 0.29) is 59.1 Å². The molecule has 0 bridgehead atoms. The van der Waals surface area contributed by atoms with Gasteiger partial charge in [0.25, 0.3) is 0 Å². The summed E-state index contributed by atoms with van der Waals surface area (Å²) in [7, 11) is -2.24. The lowest BCUT2D eigenvalue weighted by Gasteiger charge is -2.35. The average Bonchev–Trinajstić information content (AvgIpc) is 3.96. The van der Waals surface area contributed by atoms with Gasteiger partial charge in [-0.05, 0) is 98.0 Å². The Hall–Kier alpha value is -4.41. The summed E-state index contributed by atoms with van der Waals surface area (Å²) in [5, 5.41) is 8.84. The first-order chi connectivity index (χ1) is 34.8. The predicted octanol–water partition coefficient (Wildman–Crippen LogP) is 4.25. The number of hydrogen-bond donors (Lipinski definition) is 4. The Morgan fingerprint density at radius 3 is 1.70 bits per heavy atom. The van der Waals surface area contributed by atoms with Crippen LogP contribution in [0.3, 0.4) is 0 Å². The first-order valence-electron chi connectivity index (χ1n) is 25.9. The molecule has 4 saturated heterocycles. The van der Waals surface area contributed by atoms with Crippen LogP contribution in [-0.2, 0) is 60.9 Å². The van der Waals surface area contributed by atoms with Crippen molar-refractivity contribution in [2.45, 2.75) is 165 Å². The molecule has 4 aliphatic heterocycles. The van der Waals surface area contributed by atoms with E-state index < -0.39 is 92.8 Å². The van der Waals surface area contributed by atoms with Crippen LogP contribution in [0.25, 0.3) is 0 Å². The summed E-state index contributed by atoms with van der Waals surface area (Å²) in [5.41, 5.74) is 8.01. The van der Waals surface area contributed by atoms with E-state index in [2.05, 4.69) is 16.0 Å². The van der Waals surface area contributed by atoms with Crippen molar-refractivity contribution in [3.8, 4) is 0 Å². The minimum atomic E-state index is -3.71. The highest BCUT2D eigenvalue weighted by atomic mass is 32.2. The van der Waals surface area contributed by atoms with E-state index in [1.807, 2.05) is 76.2 Å². The minimum absolute atomic E-state index is 0.119. The van der Waals surface area contributed by atoms with Crippen LogP contribution in [0.5, 0.6) is 0 Å². The van der Waals surface area contributed by atoms with Crippen molar-refractivity contribution >= 4 is 69.0 Å². The largest absolute Gasteiger partial charge is 0.444 e. The number of likely N-dealkylation sites (N-methyl/N-ethyl adjacent to an activating group) is 1. The summed E-state index contributed by atoms with van der Waals surface area (Å²) >= 11 is 3.23. The second kappa shape index (κ2) is 21.9. The Kier molecular flexibility index (Phi) is 16.5. The van der Waals surface area contributed by atoms with Crippen LogP contribution in [0.15, 0.2) is 48.5 Å². The SMILES string of the molecule is C[C@@H](C(=O)N[C@H]1CCS[C@H]2CC(C)(C)[C@@H](C(=O)N[C@H]3c4ccccc4C[C@H]3OCCS(=O)(=O)CCO[C@@H]3Cc4ccccc4[C@@H]3NC(=O)[C@H]3N4C(=O)[C@@H](N)CCS[C@H]4CC3(C)C)N2C1=O)N(C)C(=O)OC(C)(C)C. The molecule has 2 aliphatic carbocycles. The molecular weight excluding hydrogens is 1010 g/mol. The number of carbonyl (C=O) groups excluding carboxylic acids is 6. The summed E-state index contributed by atoms with van der Waals surface area (Å²) < 4.78 is 45.4. The maximum atomic E-state index is 14.7. The van der Waals surface area contributed by atoms with Crippen molar-refractivity contribution in [1.29, 1.82) is 0 Å². The monoisotopic (exact) mass is 1080 g/mol. The average molecular weight is 1080 g/mol. The zero-order valence-corrected chi connectivity index (χ0v) is 46.5.